The second-order valence-corrected chi connectivity index (χ2v) is 7.99. The molecule has 3 rings (SSSR count). The number of hydrogen-bond acceptors (Lipinski definition) is 2. The molecule has 0 heterocycles. The van der Waals surface area contributed by atoms with Gasteiger partial charge in [-0.05, 0) is 79.5 Å². The fraction of sp³-hybridized carbons (Fsp3) is 0.435. The summed E-state index contributed by atoms with van der Waals surface area (Å²) in [6.45, 7) is 4.18. The Labute approximate surface area is 167 Å². The number of carbonyl (C=O) groups is 1. The Hall–Kier alpha value is -1.84. The quantitative estimate of drug-likeness (QED) is 0.764. The number of amides is 1. The van der Waals surface area contributed by atoms with Crippen LogP contribution < -0.4 is 5.32 Å². The van der Waals surface area contributed by atoms with Crippen molar-refractivity contribution in [3.63, 3.8) is 0 Å². The fourth-order valence-electron chi connectivity index (χ4n) is 3.92. The van der Waals surface area contributed by atoms with Gasteiger partial charge in [0.15, 0.2) is 0 Å². The Morgan fingerprint density at radius 1 is 1.07 bits per heavy atom. The van der Waals surface area contributed by atoms with Gasteiger partial charge in [0.1, 0.15) is 0 Å². The van der Waals surface area contributed by atoms with E-state index >= 15 is 0 Å². The van der Waals surface area contributed by atoms with Crippen LogP contribution in [-0.4, -0.2) is 25.2 Å². The molecule has 4 heteroatoms. The first kappa shape index (κ1) is 19.9. The van der Waals surface area contributed by atoms with E-state index in [-0.39, 0.29) is 11.9 Å². The van der Waals surface area contributed by atoms with E-state index in [9.17, 15) is 4.79 Å². The molecule has 1 N–H and O–H groups in total. The third-order valence-corrected chi connectivity index (χ3v) is 5.81. The summed E-state index contributed by atoms with van der Waals surface area (Å²) in [5.74, 6) is 0.102. The SMILES string of the molecule is COC1CCC(NC(=O)Cc2cc(-c3ccc(Cl)cc3)c(C)cc2C)CC1. The summed E-state index contributed by atoms with van der Waals surface area (Å²) in [6, 6.07) is 12.4. The smallest absolute Gasteiger partial charge is 0.224 e. The van der Waals surface area contributed by atoms with Crippen LogP contribution >= 0.6 is 11.6 Å². The summed E-state index contributed by atoms with van der Waals surface area (Å²) in [5, 5.41) is 3.94. The molecule has 0 aliphatic heterocycles. The lowest BCUT2D eigenvalue weighted by Crippen LogP contribution is -2.39. The molecule has 0 aromatic heterocycles. The number of rotatable bonds is 5. The predicted octanol–water partition coefficient (Wildman–Crippen LogP) is 5.24. The second-order valence-electron chi connectivity index (χ2n) is 7.55. The van der Waals surface area contributed by atoms with Gasteiger partial charge in [-0.2, -0.15) is 0 Å². The highest BCUT2D eigenvalue weighted by Gasteiger charge is 2.22. The van der Waals surface area contributed by atoms with Gasteiger partial charge in [-0.1, -0.05) is 35.9 Å². The van der Waals surface area contributed by atoms with Crippen molar-refractivity contribution in [1.29, 1.82) is 0 Å². The van der Waals surface area contributed by atoms with E-state index in [1.165, 1.54) is 5.56 Å². The molecule has 1 saturated carbocycles. The van der Waals surface area contributed by atoms with Crippen LogP contribution in [-0.2, 0) is 16.0 Å². The van der Waals surface area contributed by atoms with Gasteiger partial charge in [-0.15, -0.1) is 0 Å². The monoisotopic (exact) mass is 385 g/mol. The predicted molar refractivity (Wildman–Crippen MR) is 111 cm³/mol. The number of benzene rings is 2. The summed E-state index contributed by atoms with van der Waals surface area (Å²) in [4.78, 5) is 12.6. The third kappa shape index (κ3) is 5.12. The van der Waals surface area contributed by atoms with Gasteiger partial charge in [0.2, 0.25) is 5.91 Å². The van der Waals surface area contributed by atoms with Crippen LogP contribution in [0.1, 0.15) is 42.4 Å². The normalized spacial score (nSPS) is 19.7. The van der Waals surface area contributed by atoms with Gasteiger partial charge in [0.25, 0.3) is 0 Å². The van der Waals surface area contributed by atoms with E-state index in [0.717, 1.165) is 53.0 Å². The maximum absolute atomic E-state index is 12.6. The molecule has 1 aliphatic carbocycles. The molecule has 0 saturated heterocycles. The number of carbonyl (C=O) groups excluding carboxylic acids is 1. The molecule has 2 aromatic carbocycles. The third-order valence-electron chi connectivity index (χ3n) is 5.56. The minimum absolute atomic E-state index is 0.102. The molecule has 0 atom stereocenters. The van der Waals surface area contributed by atoms with Crippen LogP contribution in [0.25, 0.3) is 11.1 Å². The first-order valence-electron chi connectivity index (χ1n) is 9.64. The Morgan fingerprint density at radius 2 is 1.74 bits per heavy atom. The van der Waals surface area contributed by atoms with E-state index in [1.807, 2.05) is 24.3 Å². The average molecular weight is 386 g/mol. The average Bonchev–Trinajstić information content (AvgIpc) is 2.65. The molecule has 0 radical (unpaired) electrons. The summed E-state index contributed by atoms with van der Waals surface area (Å²) < 4.78 is 5.41. The fourth-order valence-corrected chi connectivity index (χ4v) is 4.05. The minimum atomic E-state index is 0.102. The Morgan fingerprint density at radius 3 is 2.37 bits per heavy atom. The molecule has 2 aromatic rings. The molecule has 1 amide bonds. The highest BCUT2D eigenvalue weighted by atomic mass is 35.5. The molecule has 3 nitrogen and oxygen atoms in total. The maximum atomic E-state index is 12.6. The number of ether oxygens (including phenoxy) is 1. The molecule has 0 bridgehead atoms. The van der Waals surface area contributed by atoms with Crippen LogP contribution in [0.15, 0.2) is 36.4 Å². The Bertz CT molecular complexity index is 793. The lowest BCUT2D eigenvalue weighted by molar-refractivity contribution is -0.121. The van der Waals surface area contributed by atoms with Gasteiger partial charge in [-0.25, -0.2) is 0 Å². The molecule has 27 heavy (non-hydrogen) atoms. The first-order valence-corrected chi connectivity index (χ1v) is 10.0. The Kier molecular flexibility index (Phi) is 6.56. The van der Waals surface area contributed by atoms with Crippen molar-refractivity contribution >= 4 is 17.5 Å². The van der Waals surface area contributed by atoms with Gasteiger partial charge < -0.3 is 10.1 Å². The van der Waals surface area contributed by atoms with Crippen LogP contribution in [0.5, 0.6) is 0 Å². The van der Waals surface area contributed by atoms with Crippen LogP contribution in [0.4, 0.5) is 0 Å². The van der Waals surface area contributed by atoms with E-state index < -0.39 is 0 Å². The van der Waals surface area contributed by atoms with Crippen LogP contribution in [0.2, 0.25) is 5.02 Å². The zero-order valence-electron chi connectivity index (χ0n) is 16.3. The van der Waals surface area contributed by atoms with Crippen molar-refractivity contribution in [3.8, 4) is 11.1 Å². The van der Waals surface area contributed by atoms with E-state index in [4.69, 9.17) is 16.3 Å². The number of halogens is 1. The van der Waals surface area contributed by atoms with Crippen molar-refractivity contribution in [3.05, 3.63) is 58.1 Å². The second kappa shape index (κ2) is 8.90. The van der Waals surface area contributed by atoms with Crippen molar-refractivity contribution in [2.45, 2.75) is 58.1 Å². The first-order chi connectivity index (χ1) is 13.0. The van der Waals surface area contributed by atoms with Crippen molar-refractivity contribution < 1.29 is 9.53 Å². The molecule has 1 fully saturated rings. The summed E-state index contributed by atoms with van der Waals surface area (Å²) in [6.07, 6.45) is 4.79. The zero-order valence-corrected chi connectivity index (χ0v) is 17.1. The summed E-state index contributed by atoms with van der Waals surface area (Å²) >= 11 is 6.01. The van der Waals surface area contributed by atoms with Gasteiger partial charge in [0, 0.05) is 18.2 Å². The topological polar surface area (TPSA) is 38.3 Å². The molecule has 144 valence electrons. The standard InChI is InChI=1S/C23H28ClNO2/c1-15-12-16(2)22(17-4-6-19(24)7-5-17)13-18(15)14-23(26)25-20-8-10-21(27-3)11-9-20/h4-7,12-13,20-21H,8-11,14H2,1-3H3,(H,25,26). The number of methoxy groups -OCH3 is 1. The largest absolute Gasteiger partial charge is 0.381 e. The van der Waals surface area contributed by atoms with Gasteiger partial charge >= 0.3 is 0 Å². The lowest BCUT2D eigenvalue weighted by Gasteiger charge is -2.28. The highest BCUT2D eigenvalue weighted by Crippen LogP contribution is 2.28. The van der Waals surface area contributed by atoms with Crippen molar-refractivity contribution in [2.75, 3.05) is 7.11 Å². The lowest BCUT2D eigenvalue weighted by atomic mass is 9.92. The van der Waals surface area contributed by atoms with Crippen LogP contribution in [0, 0.1) is 13.8 Å². The maximum Gasteiger partial charge on any atom is 0.224 e. The Balaban J connectivity index is 1.70. The van der Waals surface area contributed by atoms with Crippen LogP contribution in [0.3, 0.4) is 0 Å². The van der Waals surface area contributed by atoms with E-state index in [2.05, 4.69) is 31.3 Å². The zero-order chi connectivity index (χ0) is 19.4. The number of aryl methyl sites for hydroxylation is 2. The highest BCUT2D eigenvalue weighted by molar-refractivity contribution is 6.30. The van der Waals surface area contributed by atoms with Gasteiger partial charge in [0.05, 0.1) is 12.5 Å². The minimum Gasteiger partial charge on any atom is -0.381 e. The van der Waals surface area contributed by atoms with E-state index in [1.54, 1.807) is 7.11 Å². The van der Waals surface area contributed by atoms with Crippen molar-refractivity contribution in [1.82, 2.24) is 5.32 Å². The molecule has 0 spiro atoms. The number of nitrogens with one attached hydrogen (secondary N) is 1. The molecular formula is C23H28ClNO2. The van der Waals surface area contributed by atoms with E-state index in [0.29, 0.717) is 12.5 Å². The summed E-state index contributed by atoms with van der Waals surface area (Å²) in [5.41, 5.74) is 5.71. The van der Waals surface area contributed by atoms with Gasteiger partial charge in [-0.3, -0.25) is 4.79 Å². The number of hydrogen-bond donors (Lipinski definition) is 1. The van der Waals surface area contributed by atoms with Crippen molar-refractivity contribution in [2.24, 2.45) is 0 Å². The molecular weight excluding hydrogens is 358 g/mol. The molecule has 1 aliphatic rings. The molecule has 0 unspecified atom stereocenters. The summed E-state index contributed by atoms with van der Waals surface area (Å²) in [7, 11) is 1.77.